The average Bonchev–Trinajstić information content (AvgIpc) is 3.16. The van der Waals surface area contributed by atoms with Gasteiger partial charge in [-0.15, -0.1) is 0 Å². The third-order valence-corrected chi connectivity index (χ3v) is 5.63. The zero-order valence-electron chi connectivity index (χ0n) is 16.4. The quantitative estimate of drug-likeness (QED) is 0.562. The van der Waals surface area contributed by atoms with Gasteiger partial charge in [-0.05, 0) is 57.9 Å². The lowest BCUT2D eigenvalue weighted by atomic mass is 10.1. The van der Waals surface area contributed by atoms with E-state index in [1.54, 1.807) is 29.3 Å². The lowest BCUT2D eigenvalue weighted by Crippen LogP contribution is -2.32. The summed E-state index contributed by atoms with van der Waals surface area (Å²) in [4.78, 5) is 30.5. The first kappa shape index (κ1) is 21.0. The van der Waals surface area contributed by atoms with Crippen LogP contribution in [0.2, 0.25) is 0 Å². The second-order valence-electron chi connectivity index (χ2n) is 7.13. The molecule has 2 heterocycles. The summed E-state index contributed by atoms with van der Waals surface area (Å²) in [7, 11) is 0. The summed E-state index contributed by atoms with van der Waals surface area (Å²) in [6, 6.07) is 15.3. The molecule has 0 spiro atoms. The van der Waals surface area contributed by atoms with Crippen molar-refractivity contribution in [3.63, 3.8) is 0 Å². The Labute approximate surface area is 187 Å². The van der Waals surface area contributed by atoms with Crippen molar-refractivity contribution >= 4 is 33.4 Å². The van der Waals surface area contributed by atoms with E-state index in [9.17, 15) is 14.0 Å². The third kappa shape index (κ3) is 4.91. The van der Waals surface area contributed by atoms with Gasteiger partial charge in [0.25, 0.3) is 0 Å². The standard InChI is InChI=1S/C23H19BrFN3O3/c24-18-5-1-2-6-20(18)28-14-16(11-22(28)29)23(30)27-12-15-7-8-21(19(25)10-15)31-17-4-3-9-26-13-17/h1-10,13,16H,11-12,14H2,(H,27,30). The predicted octanol–water partition coefficient (Wildman–Crippen LogP) is 4.44. The van der Waals surface area contributed by atoms with Gasteiger partial charge in [0.2, 0.25) is 11.8 Å². The summed E-state index contributed by atoms with van der Waals surface area (Å²) in [6.45, 7) is 0.460. The summed E-state index contributed by atoms with van der Waals surface area (Å²) in [5, 5.41) is 2.80. The molecule has 0 radical (unpaired) electrons. The summed E-state index contributed by atoms with van der Waals surface area (Å²) in [5.74, 6) is -0.824. The molecule has 1 saturated heterocycles. The number of halogens is 2. The monoisotopic (exact) mass is 483 g/mol. The number of benzene rings is 2. The van der Waals surface area contributed by atoms with Gasteiger partial charge in [-0.3, -0.25) is 14.6 Å². The van der Waals surface area contributed by atoms with E-state index in [2.05, 4.69) is 26.2 Å². The number of aromatic nitrogens is 1. The summed E-state index contributed by atoms with van der Waals surface area (Å²) in [6.07, 6.45) is 3.23. The maximum atomic E-state index is 14.4. The van der Waals surface area contributed by atoms with Gasteiger partial charge in [0, 0.05) is 30.2 Å². The predicted molar refractivity (Wildman–Crippen MR) is 117 cm³/mol. The maximum absolute atomic E-state index is 14.4. The highest BCUT2D eigenvalue weighted by atomic mass is 79.9. The fourth-order valence-electron chi connectivity index (χ4n) is 3.39. The van der Waals surface area contributed by atoms with Crippen LogP contribution >= 0.6 is 15.9 Å². The van der Waals surface area contributed by atoms with E-state index in [-0.39, 0.29) is 30.5 Å². The first-order chi connectivity index (χ1) is 15.0. The summed E-state index contributed by atoms with van der Waals surface area (Å²) in [5.41, 5.74) is 1.34. The molecule has 158 valence electrons. The molecule has 1 aliphatic heterocycles. The fourth-order valence-corrected chi connectivity index (χ4v) is 3.89. The number of rotatable bonds is 6. The Balaban J connectivity index is 1.35. The van der Waals surface area contributed by atoms with Gasteiger partial charge < -0.3 is 15.0 Å². The molecule has 2 aromatic carbocycles. The lowest BCUT2D eigenvalue weighted by Gasteiger charge is -2.18. The van der Waals surface area contributed by atoms with Crippen molar-refractivity contribution in [1.82, 2.24) is 10.3 Å². The molecule has 31 heavy (non-hydrogen) atoms. The number of hydrogen-bond acceptors (Lipinski definition) is 4. The van der Waals surface area contributed by atoms with E-state index in [0.717, 1.165) is 10.2 Å². The zero-order valence-corrected chi connectivity index (χ0v) is 18.0. The Morgan fingerprint density at radius 1 is 1.23 bits per heavy atom. The number of nitrogens with one attached hydrogen (secondary N) is 1. The van der Waals surface area contributed by atoms with Crippen LogP contribution in [0, 0.1) is 11.7 Å². The molecule has 0 aliphatic carbocycles. The fraction of sp³-hybridized carbons (Fsp3) is 0.174. The Kier molecular flexibility index (Phi) is 6.27. The van der Waals surface area contributed by atoms with E-state index in [1.165, 1.54) is 18.3 Å². The third-order valence-electron chi connectivity index (χ3n) is 4.96. The lowest BCUT2D eigenvalue weighted by molar-refractivity contribution is -0.126. The molecule has 3 aromatic rings. The number of ether oxygens (including phenoxy) is 1. The van der Waals surface area contributed by atoms with E-state index in [0.29, 0.717) is 17.9 Å². The van der Waals surface area contributed by atoms with Crippen LogP contribution < -0.4 is 15.0 Å². The van der Waals surface area contributed by atoms with Crippen molar-refractivity contribution in [2.75, 3.05) is 11.4 Å². The number of pyridine rings is 1. The molecule has 1 aromatic heterocycles. The number of carbonyl (C=O) groups excluding carboxylic acids is 2. The molecule has 1 aliphatic rings. The van der Waals surface area contributed by atoms with Gasteiger partial charge in [0.15, 0.2) is 11.6 Å². The second kappa shape index (κ2) is 9.26. The smallest absolute Gasteiger partial charge is 0.227 e. The minimum atomic E-state index is -0.535. The normalized spacial score (nSPS) is 15.7. The molecule has 4 rings (SSSR count). The van der Waals surface area contributed by atoms with Crippen molar-refractivity contribution in [1.29, 1.82) is 0 Å². The molecular formula is C23H19BrFN3O3. The molecule has 1 N–H and O–H groups in total. The minimum absolute atomic E-state index is 0.0774. The number of amides is 2. The average molecular weight is 484 g/mol. The molecular weight excluding hydrogens is 465 g/mol. The van der Waals surface area contributed by atoms with Crippen molar-refractivity contribution in [3.05, 3.63) is 82.8 Å². The van der Waals surface area contributed by atoms with Crippen LogP contribution in [0.25, 0.3) is 0 Å². The topological polar surface area (TPSA) is 71.5 Å². The van der Waals surface area contributed by atoms with Gasteiger partial charge in [0.1, 0.15) is 5.75 Å². The van der Waals surface area contributed by atoms with Gasteiger partial charge in [-0.2, -0.15) is 0 Å². The Bertz CT molecular complexity index is 1110. The summed E-state index contributed by atoms with van der Waals surface area (Å²) < 4.78 is 20.6. The molecule has 1 fully saturated rings. The molecule has 1 unspecified atom stereocenters. The number of nitrogens with zero attached hydrogens (tertiary/aromatic N) is 2. The van der Waals surface area contributed by atoms with Crippen LogP contribution in [0.1, 0.15) is 12.0 Å². The van der Waals surface area contributed by atoms with Gasteiger partial charge in [0.05, 0.1) is 17.8 Å². The van der Waals surface area contributed by atoms with Crippen molar-refractivity contribution in [2.24, 2.45) is 5.92 Å². The van der Waals surface area contributed by atoms with E-state index in [1.807, 2.05) is 24.3 Å². The summed E-state index contributed by atoms with van der Waals surface area (Å²) >= 11 is 3.44. The largest absolute Gasteiger partial charge is 0.453 e. The Morgan fingerprint density at radius 2 is 2.06 bits per heavy atom. The first-order valence-electron chi connectivity index (χ1n) is 9.70. The highest BCUT2D eigenvalue weighted by Crippen LogP contribution is 2.31. The Hall–Kier alpha value is -3.26. The van der Waals surface area contributed by atoms with Crippen molar-refractivity contribution < 1.29 is 18.7 Å². The highest BCUT2D eigenvalue weighted by molar-refractivity contribution is 9.10. The number of para-hydroxylation sites is 1. The number of anilines is 1. The van der Waals surface area contributed by atoms with E-state index < -0.39 is 11.7 Å². The van der Waals surface area contributed by atoms with Crippen molar-refractivity contribution in [2.45, 2.75) is 13.0 Å². The van der Waals surface area contributed by atoms with Crippen LogP contribution in [0.15, 0.2) is 71.5 Å². The van der Waals surface area contributed by atoms with Crippen LogP contribution in [-0.2, 0) is 16.1 Å². The van der Waals surface area contributed by atoms with Crippen LogP contribution in [0.5, 0.6) is 11.5 Å². The zero-order chi connectivity index (χ0) is 21.8. The molecule has 2 amide bonds. The van der Waals surface area contributed by atoms with Crippen LogP contribution in [0.3, 0.4) is 0 Å². The highest BCUT2D eigenvalue weighted by Gasteiger charge is 2.35. The van der Waals surface area contributed by atoms with Crippen molar-refractivity contribution in [3.8, 4) is 11.5 Å². The number of hydrogen-bond donors (Lipinski definition) is 1. The van der Waals surface area contributed by atoms with E-state index >= 15 is 0 Å². The Morgan fingerprint density at radius 3 is 2.81 bits per heavy atom. The molecule has 0 saturated carbocycles. The number of carbonyl (C=O) groups is 2. The molecule has 6 nitrogen and oxygen atoms in total. The first-order valence-corrected chi connectivity index (χ1v) is 10.5. The van der Waals surface area contributed by atoms with Gasteiger partial charge >= 0.3 is 0 Å². The molecule has 8 heteroatoms. The molecule has 1 atom stereocenters. The van der Waals surface area contributed by atoms with Gasteiger partial charge in [-0.1, -0.05) is 18.2 Å². The van der Waals surface area contributed by atoms with E-state index in [4.69, 9.17) is 4.74 Å². The molecule has 0 bridgehead atoms. The van der Waals surface area contributed by atoms with Gasteiger partial charge in [-0.25, -0.2) is 4.39 Å². The second-order valence-corrected chi connectivity index (χ2v) is 7.98. The van der Waals surface area contributed by atoms with Crippen LogP contribution in [-0.4, -0.2) is 23.3 Å². The van der Waals surface area contributed by atoms with Crippen LogP contribution in [0.4, 0.5) is 10.1 Å². The SMILES string of the molecule is O=C(NCc1ccc(Oc2cccnc2)c(F)c1)C1CC(=O)N(c2ccccc2Br)C1. The minimum Gasteiger partial charge on any atom is -0.453 e. The maximum Gasteiger partial charge on any atom is 0.227 e.